The van der Waals surface area contributed by atoms with E-state index in [0.29, 0.717) is 6.54 Å². The summed E-state index contributed by atoms with van der Waals surface area (Å²) < 4.78 is 0. The number of anilines is 1. The highest BCUT2D eigenvalue weighted by molar-refractivity contribution is 8.01. The molecule has 118 valence electrons. The number of thioether (sulfide) groups is 1. The van der Waals surface area contributed by atoms with Crippen LogP contribution >= 0.6 is 11.8 Å². The van der Waals surface area contributed by atoms with Crippen LogP contribution in [0.25, 0.3) is 0 Å². The second kappa shape index (κ2) is 6.87. The second-order valence-corrected chi connectivity index (χ2v) is 6.76. The quantitative estimate of drug-likeness (QED) is 0.908. The Balaban J connectivity index is 1.53. The lowest BCUT2D eigenvalue weighted by Crippen LogP contribution is -2.31. The molecule has 2 N–H and O–H groups in total. The summed E-state index contributed by atoms with van der Waals surface area (Å²) in [4.78, 5) is 24.5. The van der Waals surface area contributed by atoms with Gasteiger partial charge in [-0.1, -0.05) is 30.3 Å². The van der Waals surface area contributed by atoms with Crippen molar-refractivity contribution in [2.75, 3.05) is 5.32 Å². The van der Waals surface area contributed by atoms with Crippen molar-refractivity contribution in [1.29, 1.82) is 0 Å². The minimum atomic E-state index is -0.0936. The zero-order valence-corrected chi connectivity index (χ0v) is 13.7. The van der Waals surface area contributed by atoms with E-state index in [2.05, 4.69) is 22.8 Å². The van der Waals surface area contributed by atoms with E-state index in [0.717, 1.165) is 17.7 Å². The fourth-order valence-electron chi connectivity index (χ4n) is 2.54. The van der Waals surface area contributed by atoms with Crippen LogP contribution in [0.15, 0.2) is 53.4 Å². The first kappa shape index (κ1) is 15.6. The van der Waals surface area contributed by atoms with Crippen LogP contribution in [0, 0.1) is 0 Å². The van der Waals surface area contributed by atoms with Crippen molar-refractivity contribution in [2.24, 2.45) is 0 Å². The SMILES string of the molecule is CC(=O)Nc1ccc(CNC(=O)C2Cc3ccccc3S2)cc1. The van der Waals surface area contributed by atoms with Crippen LogP contribution in [0.2, 0.25) is 0 Å². The summed E-state index contributed by atoms with van der Waals surface area (Å²) in [5.74, 6) is -0.0268. The first-order valence-corrected chi connectivity index (χ1v) is 8.38. The molecule has 4 nitrogen and oxygen atoms in total. The van der Waals surface area contributed by atoms with Crippen molar-refractivity contribution in [3.63, 3.8) is 0 Å². The van der Waals surface area contributed by atoms with Crippen molar-refractivity contribution >= 4 is 29.3 Å². The molecular formula is C18H18N2O2S. The summed E-state index contributed by atoms with van der Waals surface area (Å²) >= 11 is 1.63. The van der Waals surface area contributed by atoms with Gasteiger partial charge in [-0.2, -0.15) is 0 Å². The van der Waals surface area contributed by atoms with Crippen LogP contribution in [0.5, 0.6) is 0 Å². The number of rotatable bonds is 4. The molecule has 0 saturated heterocycles. The number of benzene rings is 2. The summed E-state index contributed by atoms with van der Waals surface area (Å²) in [5, 5.41) is 5.66. The van der Waals surface area contributed by atoms with Crippen LogP contribution in [-0.2, 0) is 22.6 Å². The van der Waals surface area contributed by atoms with E-state index in [4.69, 9.17) is 0 Å². The first-order chi connectivity index (χ1) is 11.1. The number of amides is 2. The van der Waals surface area contributed by atoms with Gasteiger partial charge in [-0.05, 0) is 35.7 Å². The summed E-state index contributed by atoms with van der Waals surface area (Å²) in [7, 11) is 0. The van der Waals surface area contributed by atoms with Gasteiger partial charge >= 0.3 is 0 Å². The fraction of sp³-hybridized carbons (Fsp3) is 0.222. The van der Waals surface area contributed by atoms with Gasteiger partial charge in [-0.15, -0.1) is 11.8 Å². The maximum absolute atomic E-state index is 12.3. The Morgan fingerprint density at radius 2 is 1.87 bits per heavy atom. The minimum Gasteiger partial charge on any atom is -0.351 e. The molecule has 0 bridgehead atoms. The Kier molecular flexibility index (Phi) is 4.67. The van der Waals surface area contributed by atoms with Gasteiger partial charge in [0.15, 0.2) is 0 Å². The summed E-state index contributed by atoms with van der Waals surface area (Å²) in [6.07, 6.45) is 0.786. The third-order valence-electron chi connectivity index (χ3n) is 3.68. The number of hydrogen-bond acceptors (Lipinski definition) is 3. The van der Waals surface area contributed by atoms with E-state index >= 15 is 0 Å². The molecule has 23 heavy (non-hydrogen) atoms. The van der Waals surface area contributed by atoms with E-state index in [9.17, 15) is 9.59 Å². The Labute approximate surface area is 139 Å². The average molecular weight is 326 g/mol. The highest BCUT2D eigenvalue weighted by atomic mass is 32.2. The van der Waals surface area contributed by atoms with Crippen LogP contribution in [0.4, 0.5) is 5.69 Å². The van der Waals surface area contributed by atoms with Gasteiger partial charge in [0, 0.05) is 24.1 Å². The van der Waals surface area contributed by atoms with Crippen molar-refractivity contribution in [2.45, 2.75) is 30.0 Å². The van der Waals surface area contributed by atoms with E-state index in [1.54, 1.807) is 11.8 Å². The third-order valence-corrected chi connectivity index (χ3v) is 5.00. The molecule has 0 saturated carbocycles. The highest BCUT2D eigenvalue weighted by Crippen LogP contribution is 2.36. The average Bonchev–Trinajstić information content (AvgIpc) is 2.97. The predicted molar refractivity (Wildman–Crippen MR) is 92.4 cm³/mol. The maximum Gasteiger partial charge on any atom is 0.234 e. The fourth-order valence-corrected chi connectivity index (χ4v) is 3.76. The zero-order valence-electron chi connectivity index (χ0n) is 12.8. The van der Waals surface area contributed by atoms with E-state index in [1.165, 1.54) is 17.4 Å². The van der Waals surface area contributed by atoms with Gasteiger partial charge in [-0.3, -0.25) is 9.59 Å². The van der Waals surface area contributed by atoms with Crippen LogP contribution in [-0.4, -0.2) is 17.1 Å². The Morgan fingerprint density at radius 3 is 2.57 bits per heavy atom. The number of nitrogens with one attached hydrogen (secondary N) is 2. The van der Waals surface area contributed by atoms with Gasteiger partial charge in [0.25, 0.3) is 0 Å². The lowest BCUT2D eigenvalue weighted by Gasteiger charge is -2.10. The van der Waals surface area contributed by atoms with Gasteiger partial charge in [0.05, 0.1) is 5.25 Å². The van der Waals surface area contributed by atoms with Crippen LogP contribution in [0.1, 0.15) is 18.1 Å². The van der Waals surface area contributed by atoms with E-state index in [1.807, 2.05) is 36.4 Å². The number of fused-ring (bicyclic) bond motifs is 1. The lowest BCUT2D eigenvalue weighted by atomic mass is 10.1. The van der Waals surface area contributed by atoms with Crippen molar-refractivity contribution in [3.05, 3.63) is 59.7 Å². The van der Waals surface area contributed by atoms with Gasteiger partial charge < -0.3 is 10.6 Å². The molecule has 0 aliphatic carbocycles. The Hall–Kier alpha value is -2.27. The topological polar surface area (TPSA) is 58.2 Å². The lowest BCUT2D eigenvalue weighted by molar-refractivity contribution is -0.120. The molecule has 0 radical (unpaired) electrons. The number of hydrogen-bond donors (Lipinski definition) is 2. The van der Waals surface area contributed by atoms with Gasteiger partial charge in [0.2, 0.25) is 11.8 Å². The first-order valence-electron chi connectivity index (χ1n) is 7.50. The molecule has 0 aromatic heterocycles. The van der Waals surface area contributed by atoms with Crippen molar-refractivity contribution < 1.29 is 9.59 Å². The Morgan fingerprint density at radius 1 is 1.13 bits per heavy atom. The molecule has 1 aliphatic heterocycles. The molecule has 1 heterocycles. The number of carbonyl (C=O) groups is 2. The number of carbonyl (C=O) groups excluding carboxylic acids is 2. The molecule has 1 aliphatic rings. The molecule has 5 heteroatoms. The molecule has 2 amide bonds. The van der Waals surface area contributed by atoms with E-state index < -0.39 is 0 Å². The second-order valence-electron chi connectivity index (χ2n) is 5.51. The molecular weight excluding hydrogens is 308 g/mol. The van der Waals surface area contributed by atoms with Crippen molar-refractivity contribution in [3.8, 4) is 0 Å². The molecule has 2 aromatic carbocycles. The molecule has 0 spiro atoms. The highest BCUT2D eigenvalue weighted by Gasteiger charge is 2.27. The predicted octanol–water partition coefficient (Wildman–Crippen LogP) is 2.98. The van der Waals surface area contributed by atoms with Crippen LogP contribution in [0.3, 0.4) is 0 Å². The third kappa shape index (κ3) is 3.93. The normalized spacial score (nSPS) is 15.8. The smallest absolute Gasteiger partial charge is 0.234 e. The molecule has 2 aromatic rings. The summed E-state index contributed by atoms with van der Waals surface area (Å²) in [6, 6.07) is 15.6. The Bertz CT molecular complexity index is 703. The van der Waals surface area contributed by atoms with Gasteiger partial charge in [-0.25, -0.2) is 0 Å². The van der Waals surface area contributed by atoms with Crippen molar-refractivity contribution in [1.82, 2.24) is 5.32 Å². The maximum atomic E-state index is 12.3. The van der Waals surface area contributed by atoms with Gasteiger partial charge in [0.1, 0.15) is 0 Å². The van der Waals surface area contributed by atoms with E-state index in [-0.39, 0.29) is 17.1 Å². The summed E-state index contributed by atoms with van der Waals surface area (Å²) in [6.45, 7) is 1.97. The molecule has 3 rings (SSSR count). The standard InChI is InChI=1S/C18H18N2O2S/c1-12(21)20-15-8-6-13(7-9-15)11-19-18(22)17-10-14-4-2-3-5-16(14)23-17/h2-9,17H,10-11H2,1H3,(H,19,22)(H,20,21). The minimum absolute atomic E-state index is 0.0500. The monoisotopic (exact) mass is 326 g/mol. The zero-order chi connectivity index (χ0) is 16.2. The molecule has 1 unspecified atom stereocenters. The molecule has 1 atom stereocenters. The molecule has 0 fully saturated rings. The van der Waals surface area contributed by atoms with Crippen LogP contribution < -0.4 is 10.6 Å². The summed E-state index contributed by atoms with van der Waals surface area (Å²) in [5.41, 5.74) is 3.01. The largest absolute Gasteiger partial charge is 0.351 e.